The fourth-order valence-corrected chi connectivity index (χ4v) is 0.875. The molecule has 0 saturated carbocycles. The van der Waals surface area contributed by atoms with Gasteiger partial charge in [0.25, 0.3) is 0 Å². The molecule has 0 aromatic heterocycles. The molecule has 1 saturated heterocycles. The van der Waals surface area contributed by atoms with E-state index < -0.39 is 0 Å². The Labute approximate surface area is 49.7 Å². The third-order valence-corrected chi connectivity index (χ3v) is 1.33. The highest BCUT2D eigenvalue weighted by atomic mass is 28.1. The van der Waals surface area contributed by atoms with Crippen molar-refractivity contribution in [3.8, 4) is 0 Å². The Bertz CT molecular complexity index is 41.3. The molecule has 1 rings (SSSR count). The first-order valence-electron chi connectivity index (χ1n) is 2.58. The number of nitrogens with zero attached hydrogens (tertiary/aromatic N) is 1. The predicted octanol–water partition coefficient (Wildman–Crippen LogP) is -0.740. The number of hydrogen-bond acceptors (Lipinski definition) is 1. The second kappa shape index (κ2) is 3.21. The van der Waals surface area contributed by atoms with Crippen molar-refractivity contribution in [2.75, 3.05) is 20.1 Å². The van der Waals surface area contributed by atoms with Gasteiger partial charge in [-0.2, -0.15) is 0 Å². The van der Waals surface area contributed by atoms with E-state index in [1.54, 1.807) is 0 Å². The van der Waals surface area contributed by atoms with Crippen molar-refractivity contribution >= 4 is 11.0 Å². The van der Waals surface area contributed by atoms with Gasteiger partial charge in [-0.15, -0.1) is 0 Å². The maximum absolute atomic E-state index is 2.36. The highest BCUT2D eigenvalue weighted by Gasteiger charge is 2.03. The van der Waals surface area contributed by atoms with Gasteiger partial charge >= 0.3 is 0 Å². The lowest BCUT2D eigenvalue weighted by molar-refractivity contribution is 0.418. The molecule has 0 radical (unpaired) electrons. The van der Waals surface area contributed by atoms with Crippen molar-refractivity contribution in [1.29, 1.82) is 0 Å². The van der Waals surface area contributed by atoms with Crippen LogP contribution >= 0.6 is 0 Å². The van der Waals surface area contributed by atoms with Crippen LogP contribution in [0, 0.1) is 0 Å². The van der Waals surface area contributed by atoms with Gasteiger partial charge in [0.2, 0.25) is 0 Å². The van der Waals surface area contributed by atoms with E-state index in [0.717, 1.165) is 0 Å². The topological polar surface area (TPSA) is 3.24 Å². The minimum Gasteiger partial charge on any atom is -0.306 e. The quantitative estimate of drug-likeness (QED) is 0.378. The van der Waals surface area contributed by atoms with Gasteiger partial charge in [-0.3, -0.25) is 0 Å². The zero-order valence-corrected chi connectivity index (χ0v) is 4.28. The van der Waals surface area contributed by atoms with Crippen LogP contribution in [-0.2, 0) is 0 Å². The largest absolute Gasteiger partial charge is 0.306 e. The molecule has 1 aliphatic rings. The van der Waals surface area contributed by atoms with E-state index in [-0.39, 0.29) is 11.0 Å². The lowest BCUT2D eigenvalue weighted by Crippen LogP contribution is -2.10. The summed E-state index contributed by atoms with van der Waals surface area (Å²) in [5.74, 6) is 0. The summed E-state index contributed by atoms with van der Waals surface area (Å²) in [6.07, 6.45) is 2.83. The molecular formula is C5H15NSi. The smallest absolute Gasteiger partial charge is 0.00213 e. The van der Waals surface area contributed by atoms with Gasteiger partial charge in [0.05, 0.1) is 0 Å². The van der Waals surface area contributed by atoms with Crippen LogP contribution in [0.25, 0.3) is 0 Å². The van der Waals surface area contributed by atoms with Gasteiger partial charge in [0.15, 0.2) is 0 Å². The highest BCUT2D eigenvalue weighted by Crippen LogP contribution is 2.01. The fraction of sp³-hybridized carbons (Fsp3) is 1.00. The first-order valence-corrected chi connectivity index (χ1v) is 2.58. The molecule has 0 spiro atoms. The number of hydrogen-bond donors (Lipinski definition) is 0. The van der Waals surface area contributed by atoms with Crippen LogP contribution < -0.4 is 0 Å². The average Bonchev–Trinajstić information content (AvgIpc) is 1.86. The van der Waals surface area contributed by atoms with Gasteiger partial charge in [0.1, 0.15) is 0 Å². The Hall–Kier alpha value is 0.177. The monoisotopic (exact) mass is 117 g/mol. The second-order valence-electron chi connectivity index (χ2n) is 2.01. The number of rotatable bonds is 0. The molecule has 0 aliphatic carbocycles. The Balaban J connectivity index is 0.000000360. The SMILES string of the molecule is CN1CCCC1.[SiH4]. The van der Waals surface area contributed by atoms with Crippen molar-refractivity contribution in [3.05, 3.63) is 0 Å². The van der Waals surface area contributed by atoms with E-state index in [1.165, 1.54) is 25.9 Å². The van der Waals surface area contributed by atoms with Crippen molar-refractivity contribution in [3.63, 3.8) is 0 Å². The van der Waals surface area contributed by atoms with Crippen molar-refractivity contribution in [2.45, 2.75) is 12.8 Å². The van der Waals surface area contributed by atoms with Crippen LogP contribution in [0.1, 0.15) is 12.8 Å². The van der Waals surface area contributed by atoms with Crippen LogP contribution in [0.3, 0.4) is 0 Å². The molecular weight excluding hydrogens is 102 g/mol. The molecule has 0 atom stereocenters. The molecule has 7 heavy (non-hydrogen) atoms. The van der Waals surface area contributed by atoms with Crippen LogP contribution in [-0.4, -0.2) is 36.0 Å². The molecule has 1 fully saturated rings. The maximum Gasteiger partial charge on any atom is -0.00213 e. The normalized spacial score (nSPS) is 21.9. The van der Waals surface area contributed by atoms with Gasteiger partial charge in [0, 0.05) is 0 Å². The Kier molecular flexibility index (Phi) is 3.30. The summed E-state index contributed by atoms with van der Waals surface area (Å²) in [4.78, 5) is 2.36. The standard InChI is InChI=1S/C5H11N.H4Si/c1-6-4-2-3-5-6;/h2-5H2,1H3;1H4. The Morgan fingerprint density at radius 3 is 1.71 bits per heavy atom. The average molecular weight is 117 g/mol. The van der Waals surface area contributed by atoms with E-state index in [4.69, 9.17) is 0 Å². The van der Waals surface area contributed by atoms with Crippen LogP contribution in [0.5, 0.6) is 0 Å². The summed E-state index contributed by atoms with van der Waals surface area (Å²) in [6.45, 7) is 2.64. The van der Waals surface area contributed by atoms with Crippen molar-refractivity contribution < 1.29 is 0 Å². The predicted molar refractivity (Wildman–Crippen MR) is 38.1 cm³/mol. The minimum absolute atomic E-state index is 0. The van der Waals surface area contributed by atoms with E-state index in [9.17, 15) is 0 Å². The third-order valence-electron chi connectivity index (χ3n) is 1.33. The maximum atomic E-state index is 2.36. The number of likely N-dealkylation sites (tertiary alicyclic amines) is 1. The van der Waals surface area contributed by atoms with Gasteiger partial charge in [-0.05, 0) is 43.9 Å². The lowest BCUT2D eigenvalue weighted by Gasteiger charge is -2.01. The Morgan fingerprint density at radius 1 is 1.14 bits per heavy atom. The molecule has 44 valence electrons. The van der Waals surface area contributed by atoms with E-state index in [2.05, 4.69) is 11.9 Å². The molecule has 1 aliphatic heterocycles. The van der Waals surface area contributed by atoms with Gasteiger partial charge in [-0.25, -0.2) is 0 Å². The van der Waals surface area contributed by atoms with Gasteiger partial charge < -0.3 is 4.90 Å². The summed E-state index contributed by atoms with van der Waals surface area (Å²) in [7, 11) is 2.17. The molecule has 0 bridgehead atoms. The molecule has 0 unspecified atom stereocenters. The summed E-state index contributed by atoms with van der Waals surface area (Å²) < 4.78 is 0. The van der Waals surface area contributed by atoms with E-state index in [1.807, 2.05) is 0 Å². The fourth-order valence-electron chi connectivity index (χ4n) is 0.875. The highest BCUT2D eigenvalue weighted by molar-refractivity contribution is 5.75. The van der Waals surface area contributed by atoms with Crippen LogP contribution in [0.4, 0.5) is 0 Å². The second-order valence-corrected chi connectivity index (χ2v) is 2.01. The summed E-state index contributed by atoms with van der Waals surface area (Å²) >= 11 is 0. The molecule has 0 amide bonds. The van der Waals surface area contributed by atoms with Crippen LogP contribution in [0.2, 0.25) is 0 Å². The summed E-state index contributed by atoms with van der Waals surface area (Å²) in [6, 6.07) is 0. The van der Waals surface area contributed by atoms with Crippen molar-refractivity contribution in [1.82, 2.24) is 4.90 Å². The molecule has 0 aromatic carbocycles. The Morgan fingerprint density at radius 2 is 1.57 bits per heavy atom. The minimum atomic E-state index is 0. The van der Waals surface area contributed by atoms with Gasteiger partial charge in [-0.1, -0.05) is 0 Å². The molecule has 0 aromatic rings. The third kappa shape index (κ3) is 2.09. The zero-order chi connectivity index (χ0) is 4.41. The molecule has 0 N–H and O–H groups in total. The van der Waals surface area contributed by atoms with Crippen molar-refractivity contribution in [2.24, 2.45) is 0 Å². The summed E-state index contributed by atoms with van der Waals surface area (Å²) in [5.41, 5.74) is 0. The molecule has 2 heteroatoms. The first kappa shape index (κ1) is 7.18. The molecule has 1 nitrogen and oxygen atoms in total. The van der Waals surface area contributed by atoms with E-state index in [0.29, 0.717) is 0 Å². The zero-order valence-electron chi connectivity index (χ0n) is 4.28. The first-order chi connectivity index (χ1) is 2.89. The lowest BCUT2D eigenvalue weighted by atomic mass is 10.4. The van der Waals surface area contributed by atoms with Crippen LogP contribution in [0.15, 0.2) is 0 Å². The molecule has 1 heterocycles. The summed E-state index contributed by atoms with van der Waals surface area (Å²) in [5, 5.41) is 0. The van der Waals surface area contributed by atoms with E-state index >= 15 is 0 Å².